The van der Waals surface area contributed by atoms with Crippen molar-refractivity contribution in [1.82, 2.24) is 0 Å². The van der Waals surface area contributed by atoms with Crippen LogP contribution in [0, 0.1) is 6.92 Å². The maximum Gasteiger partial charge on any atom is 0.0121 e. The van der Waals surface area contributed by atoms with Crippen molar-refractivity contribution < 1.29 is 0 Å². The molecule has 1 aromatic heterocycles. The third-order valence-corrected chi connectivity index (χ3v) is 4.34. The summed E-state index contributed by atoms with van der Waals surface area (Å²) in [5.41, 5.74) is 8.78. The maximum absolute atomic E-state index is 5.74. The Bertz CT molecular complexity index is 291. The summed E-state index contributed by atoms with van der Waals surface area (Å²) in [7, 11) is 0. The molecule has 0 fully saturated rings. The fourth-order valence-electron chi connectivity index (χ4n) is 1.88. The van der Waals surface area contributed by atoms with E-state index in [4.69, 9.17) is 5.73 Å². The van der Waals surface area contributed by atoms with Crippen LogP contribution in [0.15, 0.2) is 5.38 Å². The molecule has 1 unspecified atom stereocenters. The first-order valence-corrected chi connectivity index (χ1v) is 6.85. The van der Waals surface area contributed by atoms with Gasteiger partial charge in [0.15, 0.2) is 0 Å². The zero-order valence-electron chi connectivity index (χ0n) is 10.2. The lowest BCUT2D eigenvalue weighted by molar-refractivity contribution is 0.703. The standard InChI is InChI=1S/C13H23NS/c1-4-5-6-7-12-11(3)9-15-13(12)10(2)8-14/h9-10H,4-8,14H2,1-3H3. The van der Waals surface area contributed by atoms with Crippen LogP contribution in [0.2, 0.25) is 0 Å². The predicted molar refractivity (Wildman–Crippen MR) is 69.8 cm³/mol. The fraction of sp³-hybridized carbons (Fsp3) is 0.692. The maximum atomic E-state index is 5.74. The quantitative estimate of drug-likeness (QED) is 0.731. The van der Waals surface area contributed by atoms with Crippen LogP contribution in [0.25, 0.3) is 0 Å². The van der Waals surface area contributed by atoms with Crippen LogP contribution in [0.1, 0.15) is 55.0 Å². The van der Waals surface area contributed by atoms with Gasteiger partial charge in [-0.3, -0.25) is 0 Å². The van der Waals surface area contributed by atoms with Crippen molar-refractivity contribution in [2.75, 3.05) is 6.54 Å². The molecule has 1 nitrogen and oxygen atoms in total. The van der Waals surface area contributed by atoms with Gasteiger partial charge in [-0.15, -0.1) is 11.3 Å². The SMILES string of the molecule is CCCCCc1c(C)csc1C(C)CN. The number of hydrogen-bond acceptors (Lipinski definition) is 2. The molecule has 1 atom stereocenters. The molecule has 1 heterocycles. The number of aryl methyl sites for hydroxylation is 1. The summed E-state index contributed by atoms with van der Waals surface area (Å²) in [6.07, 6.45) is 5.19. The molecular formula is C13H23NS. The van der Waals surface area contributed by atoms with Crippen molar-refractivity contribution in [3.05, 3.63) is 21.4 Å². The Hall–Kier alpha value is -0.340. The van der Waals surface area contributed by atoms with Crippen molar-refractivity contribution in [2.45, 2.75) is 52.4 Å². The number of nitrogens with two attached hydrogens (primary N) is 1. The zero-order valence-corrected chi connectivity index (χ0v) is 11.0. The van der Waals surface area contributed by atoms with Gasteiger partial charge in [-0.05, 0) is 42.8 Å². The van der Waals surface area contributed by atoms with Gasteiger partial charge in [0.2, 0.25) is 0 Å². The highest BCUT2D eigenvalue weighted by Crippen LogP contribution is 2.30. The molecule has 86 valence electrons. The van der Waals surface area contributed by atoms with E-state index in [1.807, 2.05) is 11.3 Å². The van der Waals surface area contributed by atoms with E-state index in [2.05, 4.69) is 26.2 Å². The Balaban J connectivity index is 2.70. The van der Waals surface area contributed by atoms with Crippen LogP contribution in [-0.2, 0) is 6.42 Å². The second-order valence-electron chi connectivity index (χ2n) is 4.36. The van der Waals surface area contributed by atoms with E-state index in [0.29, 0.717) is 5.92 Å². The molecule has 0 aliphatic rings. The molecule has 0 saturated heterocycles. The minimum atomic E-state index is 0.528. The normalized spacial score (nSPS) is 13.1. The van der Waals surface area contributed by atoms with Crippen LogP contribution in [-0.4, -0.2) is 6.54 Å². The highest BCUT2D eigenvalue weighted by molar-refractivity contribution is 7.10. The summed E-state index contributed by atoms with van der Waals surface area (Å²) in [6.45, 7) is 7.48. The molecule has 0 aliphatic heterocycles. The van der Waals surface area contributed by atoms with Gasteiger partial charge in [0, 0.05) is 10.8 Å². The van der Waals surface area contributed by atoms with Gasteiger partial charge in [0.05, 0.1) is 0 Å². The van der Waals surface area contributed by atoms with E-state index in [0.717, 1.165) is 6.54 Å². The minimum Gasteiger partial charge on any atom is -0.330 e. The van der Waals surface area contributed by atoms with E-state index in [1.165, 1.54) is 36.1 Å². The molecule has 0 amide bonds. The zero-order chi connectivity index (χ0) is 11.3. The predicted octanol–water partition coefficient (Wildman–Crippen LogP) is 3.85. The second kappa shape index (κ2) is 6.29. The van der Waals surface area contributed by atoms with Gasteiger partial charge in [0.25, 0.3) is 0 Å². The third kappa shape index (κ3) is 3.32. The first-order chi connectivity index (χ1) is 7.20. The lowest BCUT2D eigenvalue weighted by atomic mass is 9.99. The molecule has 1 rings (SSSR count). The number of rotatable bonds is 6. The second-order valence-corrected chi connectivity index (χ2v) is 5.27. The highest BCUT2D eigenvalue weighted by atomic mass is 32.1. The molecule has 1 aromatic rings. The fourth-order valence-corrected chi connectivity index (χ4v) is 3.06. The van der Waals surface area contributed by atoms with Crippen LogP contribution in [0.5, 0.6) is 0 Å². The van der Waals surface area contributed by atoms with Gasteiger partial charge < -0.3 is 5.73 Å². The van der Waals surface area contributed by atoms with Crippen molar-refractivity contribution in [2.24, 2.45) is 5.73 Å². The molecular weight excluding hydrogens is 202 g/mol. The van der Waals surface area contributed by atoms with E-state index < -0.39 is 0 Å². The third-order valence-electron chi connectivity index (χ3n) is 2.97. The van der Waals surface area contributed by atoms with Crippen LogP contribution in [0.3, 0.4) is 0 Å². The van der Waals surface area contributed by atoms with Gasteiger partial charge in [0.1, 0.15) is 0 Å². The van der Waals surface area contributed by atoms with Crippen LogP contribution >= 0.6 is 11.3 Å². The summed E-state index contributed by atoms with van der Waals surface area (Å²) in [5, 5.41) is 2.28. The van der Waals surface area contributed by atoms with Crippen molar-refractivity contribution in [1.29, 1.82) is 0 Å². The van der Waals surface area contributed by atoms with Crippen molar-refractivity contribution >= 4 is 11.3 Å². The summed E-state index contributed by atoms with van der Waals surface area (Å²) in [4.78, 5) is 1.52. The van der Waals surface area contributed by atoms with E-state index in [9.17, 15) is 0 Å². The Labute approximate surface area is 97.7 Å². The Morgan fingerprint density at radius 2 is 2.13 bits per heavy atom. The molecule has 0 saturated carbocycles. The summed E-state index contributed by atoms with van der Waals surface area (Å²) >= 11 is 1.89. The lowest BCUT2D eigenvalue weighted by Gasteiger charge is -2.10. The minimum absolute atomic E-state index is 0.528. The molecule has 2 N–H and O–H groups in total. The van der Waals surface area contributed by atoms with Gasteiger partial charge in [-0.25, -0.2) is 0 Å². The van der Waals surface area contributed by atoms with E-state index in [-0.39, 0.29) is 0 Å². The molecule has 0 spiro atoms. The Morgan fingerprint density at radius 3 is 2.73 bits per heavy atom. The topological polar surface area (TPSA) is 26.0 Å². The van der Waals surface area contributed by atoms with E-state index in [1.54, 1.807) is 5.56 Å². The van der Waals surface area contributed by atoms with E-state index >= 15 is 0 Å². The Morgan fingerprint density at radius 1 is 1.40 bits per heavy atom. The van der Waals surface area contributed by atoms with Crippen LogP contribution in [0.4, 0.5) is 0 Å². The summed E-state index contributed by atoms with van der Waals surface area (Å²) in [6, 6.07) is 0. The van der Waals surface area contributed by atoms with Gasteiger partial charge >= 0.3 is 0 Å². The van der Waals surface area contributed by atoms with Gasteiger partial charge in [-0.2, -0.15) is 0 Å². The average Bonchev–Trinajstić information content (AvgIpc) is 2.60. The highest BCUT2D eigenvalue weighted by Gasteiger charge is 2.13. The number of hydrogen-bond donors (Lipinski definition) is 1. The molecule has 0 aromatic carbocycles. The lowest BCUT2D eigenvalue weighted by Crippen LogP contribution is -2.09. The molecule has 0 aliphatic carbocycles. The molecule has 2 heteroatoms. The smallest absolute Gasteiger partial charge is 0.0121 e. The van der Waals surface area contributed by atoms with Crippen LogP contribution < -0.4 is 5.73 Å². The first-order valence-electron chi connectivity index (χ1n) is 5.97. The largest absolute Gasteiger partial charge is 0.330 e. The summed E-state index contributed by atoms with van der Waals surface area (Å²) < 4.78 is 0. The number of unbranched alkanes of at least 4 members (excludes halogenated alkanes) is 2. The van der Waals surface area contributed by atoms with Crippen molar-refractivity contribution in [3.8, 4) is 0 Å². The monoisotopic (exact) mass is 225 g/mol. The van der Waals surface area contributed by atoms with Gasteiger partial charge in [-0.1, -0.05) is 26.7 Å². The summed E-state index contributed by atoms with van der Waals surface area (Å²) in [5.74, 6) is 0.528. The Kier molecular flexibility index (Phi) is 5.34. The molecule has 0 radical (unpaired) electrons. The first kappa shape index (κ1) is 12.7. The molecule has 0 bridgehead atoms. The average molecular weight is 225 g/mol. The molecule has 15 heavy (non-hydrogen) atoms. The van der Waals surface area contributed by atoms with Crippen molar-refractivity contribution in [3.63, 3.8) is 0 Å². The number of thiophene rings is 1.